The first kappa shape index (κ1) is 20.7. The van der Waals surface area contributed by atoms with E-state index in [-0.39, 0.29) is 30.0 Å². The Hall–Kier alpha value is -4.07. The van der Waals surface area contributed by atoms with Crippen LogP contribution < -0.4 is 20.9 Å². The van der Waals surface area contributed by atoms with Crippen molar-refractivity contribution in [2.45, 2.75) is 6.92 Å². The maximum absolute atomic E-state index is 12.2. The lowest BCUT2D eigenvalue weighted by Crippen LogP contribution is -2.23. The minimum Gasteiger partial charge on any atom is -0.459 e. The normalized spacial score (nSPS) is 10.2. The predicted molar refractivity (Wildman–Crippen MR) is 116 cm³/mol. The standard InChI is InChI=1S/C22H22N4O4/c1-15(27)26(2)19-10-8-16(9-11-19)23-14-21(28)24-17-5-3-6-18(13-17)25-22(29)20-7-4-12-30-20/h3-13,23H,14H2,1-2H3,(H,24,28)(H,25,29). The van der Waals surface area contributed by atoms with Crippen molar-refractivity contribution in [3.8, 4) is 0 Å². The molecule has 30 heavy (non-hydrogen) atoms. The quantitative estimate of drug-likeness (QED) is 0.557. The van der Waals surface area contributed by atoms with Gasteiger partial charge < -0.3 is 25.3 Å². The van der Waals surface area contributed by atoms with Gasteiger partial charge in [-0.2, -0.15) is 0 Å². The average Bonchev–Trinajstić information content (AvgIpc) is 3.27. The van der Waals surface area contributed by atoms with Crippen LogP contribution in [0.5, 0.6) is 0 Å². The summed E-state index contributed by atoms with van der Waals surface area (Å²) in [5.41, 5.74) is 2.61. The van der Waals surface area contributed by atoms with Crippen molar-refractivity contribution >= 4 is 40.5 Å². The molecule has 1 heterocycles. The lowest BCUT2D eigenvalue weighted by atomic mass is 10.2. The molecule has 0 saturated heterocycles. The molecule has 8 nitrogen and oxygen atoms in total. The van der Waals surface area contributed by atoms with Gasteiger partial charge in [-0.15, -0.1) is 0 Å². The van der Waals surface area contributed by atoms with Gasteiger partial charge in [0, 0.05) is 36.7 Å². The lowest BCUT2D eigenvalue weighted by molar-refractivity contribution is -0.116. The summed E-state index contributed by atoms with van der Waals surface area (Å²) in [6, 6.07) is 17.2. The lowest BCUT2D eigenvalue weighted by Gasteiger charge is -2.15. The molecular weight excluding hydrogens is 384 g/mol. The third kappa shape index (κ3) is 5.48. The van der Waals surface area contributed by atoms with E-state index in [1.54, 1.807) is 67.7 Å². The van der Waals surface area contributed by atoms with Crippen LogP contribution in [-0.2, 0) is 9.59 Å². The average molecular weight is 406 g/mol. The number of rotatable bonds is 7. The van der Waals surface area contributed by atoms with Crippen molar-refractivity contribution in [1.29, 1.82) is 0 Å². The van der Waals surface area contributed by atoms with E-state index >= 15 is 0 Å². The van der Waals surface area contributed by atoms with E-state index in [4.69, 9.17) is 4.42 Å². The molecule has 154 valence electrons. The molecule has 0 spiro atoms. The predicted octanol–water partition coefficient (Wildman–Crippen LogP) is 3.57. The summed E-state index contributed by atoms with van der Waals surface area (Å²) in [4.78, 5) is 37.2. The number of benzene rings is 2. The minimum atomic E-state index is -0.371. The van der Waals surface area contributed by atoms with E-state index in [1.807, 2.05) is 0 Å². The summed E-state index contributed by atoms with van der Waals surface area (Å²) in [7, 11) is 1.70. The molecule has 3 N–H and O–H groups in total. The molecule has 2 aromatic carbocycles. The number of nitrogens with one attached hydrogen (secondary N) is 3. The SMILES string of the molecule is CC(=O)N(C)c1ccc(NCC(=O)Nc2cccc(NC(=O)c3ccco3)c2)cc1. The first-order valence-corrected chi connectivity index (χ1v) is 9.25. The van der Waals surface area contributed by atoms with E-state index in [1.165, 1.54) is 18.1 Å². The van der Waals surface area contributed by atoms with Crippen LogP contribution in [0.25, 0.3) is 0 Å². The number of carbonyl (C=O) groups excluding carboxylic acids is 3. The zero-order valence-corrected chi connectivity index (χ0v) is 16.6. The zero-order valence-electron chi connectivity index (χ0n) is 16.6. The summed E-state index contributed by atoms with van der Waals surface area (Å²) in [5.74, 6) is -0.467. The number of hydrogen-bond donors (Lipinski definition) is 3. The van der Waals surface area contributed by atoms with Crippen molar-refractivity contribution in [3.05, 3.63) is 72.7 Å². The van der Waals surface area contributed by atoms with Gasteiger partial charge in [-0.25, -0.2) is 0 Å². The van der Waals surface area contributed by atoms with Crippen LogP contribution in [0, 0.1) is 0 Å². The van der Waals surface area contributed by atoms with Crippen molar-refractivity contribution in [3.63, 3.8) is 0 Å². The Kier molecular flexibility index (Phi) is 6.49. The van der Waals surface area contributed by atoms with Crippen LogP contribution in [0.2, 0.25) is 0 Å². The van der Waals surface area contributed by atoms with E-state index in [0.29, 0.717) is 11.4 Å². The van der Waals surface area contributed by atoms with Crippen LogP contribution in [0.3, 0.4) is 0 Å². The maximum Gasteiger partial charge on any atom is 0.291 e. The molecule has 0 atom stereocenters. The molecule has 0 bridgehead atoms. The number of nitrogens with zero attached hydrogens (tertiary/aromatic N) is 1. The first-order valence-electron chi connectivity index (χ1n) is 9.25. The number of carbonyl (C=O) groups is 3. The van der Waals surface area contributed by atoms with Crippen LogP contribution in [0.15, 0.2) is 71.3 Å². The second kappa shape index (κ2) is 9.42. The first-order chi connectivity index (χ1) is 14.4. The number of anilines is 4. The summed E-state index contributed by atoms with van der Waals surface area (Å²) >= 11 is 0. The highest BCUT2D eigenvalue weighted by atomic mass is 16.3. The minimum absolute atomic E-state index is 0.0577. The van der Waals surface area contributed by atoms with E-state index in [0.717, 1.165) is 11.4 Å². The van der Waals surface area contributed by atoms with Crippen LogP contribution in [0.1, 0.15) is 17.5 Å². The Labute approximate surface area is 173 Å². The van der Waals surface area contributed by atoms with Crippen LogP contribution in [0.4, 0.5) is 22.7 Å². The molecule has 3 aromatic rings. The van der Waals surface area contributed by atoms with Crippen molar-refractivity contribution < 1.29 is 18.8 Å². The van der Waals surface area contributed by atoms with Gasteiger partial charge in [0.25, 0.3) is 5.91 Å². The number of furan rings is 1. The fourth-order valence-corrected chi connectivity index (χ4v) is 2.65. The zero-order chi connectivity index (χ0) is 21.5. The van der Waals surface area contributed by atoms with E-state index in [9.17, 15) is 14.4 Å². The van der Waals surface area contributed by atoms with Gasteiger partial charge in [0.15, 0.2) is 5.76 Å². The van der Waals surface area contributed by atoms with Gasteiger partial charge in [0.1, 0.15) is 0 Å². The van der Waals surface area contributed by atoms with Gasteiger partial charge >= 0.3 is 0 Å². The molecule has 8 heteroatoms. The van der Waals surface area contributed by atoms with Crippen molar-refractivity contribution in [2.75, 3.05) is 34.4 Å². The Bertz CT molecular complexity index is 1030. The molecule has 3 amide bonds. The van der Waals surface area contributed by atoms with Crippen LogP contribution >= 0.6 is 0 Å². The van der Waals surface area contributed by atoms with E-state index in [2.05, 4.69) is 16.0 Å². The van der Waals surface area contributed by atoms with E-state index < -0.39 is 0 Å². The third-order valence-electron chi connectivity index (χ3n) is 4.33. The molecule has 0 fully saturated rings. The van der Waals surface area contributed by atoms with Crippen LogP contribution in [-0.4, -0.2) is 31.3 Å². The monoisotopic (exact) mass is 406 g/mol. The fraction of sp³-hybridized carbons (Fsp3) is 0.136. The topological polar surface area (TPSA) is 104 Å². The molecule has 0 unspecified atom stereocenters. The van der Waals surface area contributed by atoms with Crippen molar-refractivity contribution in [1.82, 2.24) is 0 Å². The fourth-order valence-electron chi connectivity index (χ4n) is 2.65. The van der Waals surface area contributed by atoms with Gasteiger partial charge in [-0.05, 0) is 54.6 Å². The molecule has 0 saturated carbocycles. The smallest absolute Gasteiger partial charge is 0.291 e. The second-order valence-corrected chi connectivity index (χ2v) is 6.54. The summed E-state index contributed by atoms with van der Waals surface area (Å²) < 4.78 is 5.06. The van der Waals surface area contributed by atoms with Gasteiger partial charge in [-0.1, -0.05) is 6.07 Å². The Morgan fingerprint density at radius 3 is 2.23 bits per heavy atom. The highest BCUT2D eigenvalue weighted by Crippen LogP contribution is 2.18. The van der Waals surface area contributed by atoms with Gasteiger partial charge in [-0.3, -0.25) is 14.4 Å². The Morgan fingerprint density at radius 1 is 0.900 bits per heavy atom. The molecule has 0 aliphatic rings. The Morgan fingerprint density at radius 2 is 1.60 bits per heavy atom. The number of hydrogen-bond acceptors (Lipinski definition) is 5. The largest absolute Gasteiger partial charge is 0.459 e. The molecule has 0 aliphatic carbocycles. The van der Waals surface area contributed by atoms with Gasteiger partial charge in [0.2, 0.25) is 11.8 Å². The second-order valence-electron chi connectivity index (χ2n) is 6.54. The maximum atomic E-state index is 12.2. The molecule has 3 rings (SSSR count). The summed E-state index contributed by atoms with van der Waals surface area (Å²) in [5, 5.41) is 8.51. The molecular formula is C22H22N4O4. The molecule has 0 radical (unpaired) electrons. The highest BCUT2D eigenvalue weighted by molar-refractivity contribution is 6.03. The van der Waals surface area contributed by atoms with Gasteiger partial charge in [0.05, 0.1) is 12.8 Å². The molecule has 0 aliphatic heterocycles. The Balaban J connectivity index is 1.52. The van der Waals surface area contributed by atoms with Crippen molar-refractivity contribution in [2.24, 2.45) is 0 Å². The summed E-state index contributed by atoms with van der Waals surface area (Å²) in [6.45, 7) is 1.55. The highest BCUT2D eigenvalue weighted by Gasteiger charge is 2.10. The molecule has 1 aromatic heterocycles. The number of amides is 3. The summed E-state index contributed by atoms with van der Waals surface area (Å²) in [6.07, 6.45) is 1.42. The third-order valence-corrected chi connectivity index (χ3v) is 4.33.